The Morgan fingerprint density at radius 1 is 0.871 bits per heavy atom. The zero-order valence-electron chi connectivity index (χ0n) is 18.7. The van der Waals surface area contributed by atoms with Gasteiger partial charge in [0.1, 0.15) is 0 Å². The molecule has 7 rings (SSSR count). The Kier molecular flexibility index (Phi) is 4.86. The molecule has 5 aliphatic rings. The second kappa shape index (κ2) is 7.61. The lowest BCUT2D eigenvalue weighted by molar-refractivity contribution is -0.144. The highest BCUT2D eigenvalue weighted by Gasteiger charge is 2.54. The predicted octanol–water partition coefficient (Wildman–Crippen LogP) is 4.19. The normalized spacial score (nSPS) is 32.7. The van der Waals surface area contributed by atoms with Crippen LogP contribution in [0.15, 0.2) is 24.3 Å². The van der Waals surface area contributed by atoms with Crippen molar-refractivity contribution in [1.29, 1.82) is 5.41 Å². The van der Waals surface area contributed by atoms with Crippen molar-refractivity contribution in [3.63, 3.8) is 0 Å². The number of likely N-dealkylation sites (tertiary alicyclic amines) is 1. The summed E-state index contributed by atoms with van der Waals surface area (Å²) in [4.78, 5) is 16.3. The van der Waals surface area contributed by atoms with E-state index in [9.17, 15) is 4.79 Å². The Morgan fingerprint density at radius 2 is 1.45 bits per heavy atom. The SMILES string of the molecule is N=c1n(CCN2CCCCC2)c2ccccc2n1CC(=O)C12CC3CC(CC(C3)C1)C2. The molecule has 2 heterocycles. The molecule has 1 N–H and O–H groups in total. The van der Waals surface area contributed by atoms with Crippen molar-refractivity contribution in [1.82, 2.24) is 14.0 Å². The monoisotopic (exact) mass is 420 g/mol. The van der Waals surface area contributed by atoms with Crippen LogP contribution in [0.2, 0.25) is 0 Å². The first-order chi connectivity index (χ1) is 15.1. The van der Waals surface area contributed by atoms with Crippen molar-refractivity contribution >= 4 is 16.8 Å². The number of carbonyl (C=O) groups excluding carboxylic acids is 1. The number of carbonyl (C=O) groups is 1. The number of rotatable bonds is 6. The van der Waals surface area contributed by atoms with Crippen LogP contribution in [0.4, 0.5) is 0 Å². The minimum atomic E-state index is -0.0921. The average Bonchev–Trinajstić information content (AvgIpc) is 3.03. The molecule has 0 amide bonds. The average molecular weight is 421 g/mol. The lowest BCUT2D eigenvalue weighted by Gasteiger charge is -2.56. The third-order valence-electron chi connectivity index (χ3n) is 8.99. The van der Waals surface area contributed by atoms with E-state index >= 15 is 0 Å². The fraction of sp³-hybridized carbons (Fsp3) is 0.692. The summed E-state index contributed by atoms with van der Waals surface area (Å²) < 4.78 is 4.14. The van der Waals surface area contributed by atoms with Gasteiger partial charge in [0.25, 0.3) is 0 Å². The number of piperidine rings is 1. The van der Waals surface area contributed by atoms with Crippen molar-refractivity contribution in [3.05, 3.63) is 29.9 Å². The molecular formula is C26H36N4O. The second-order valence-corrected chi connectivity index (χ2v) is 11.1. The number of Topliss-reactive ketones (excluding diaryl/α,β-unsaturated/α-hetero) is 1. The smallest absolute Gasteiger partial charge is 0.203 e. The Balaban J connectivity index is 1.28. The second-order valence-electron chi connectivity index (χ2n) is 11.1. The van der Waals surface area contributed by atoms with Crippen LogP contribution >= 0.6 is 0 Å². The number of fused-ring (bicyclic) bond motifs is 1. The molecule has 1 aromatic heterocycles. The third-order valence-corrected chi connectivity index (χ3v) is 8.99. The van der Waals surface area contributed by atoms with Gasteiger partial charge in [-0.3, -0.25) is 10.2 Å². The van der Waals surface area contributed by atoms with Crippen molar-refractivity contribution in [2.75, 3.05) is 19.6 Å². The topological polar surface area (TPSA) is 54.0 Å². The largest absolute Gasteiger partial charge is 0.309 e. The van der Waals surface area contributed by atoms with E-state index in [1.54, 1.807) is 0 Å². The number of aromatic nitrogens is 2. The van der Waals surface area contributed by atoms with E-state index in [1.807, 2.05) is 10.6 Å². The van der Waals surface area contributed by atoms with Gasteiger partial charge in [-0.2, -0.15) is 0 Å². The molecule has 5 fully saturated rings. The number of hydrogen-bond acceptors (Lipinski definition) is 3. The molecule has 31 heavy (non-hydrogen) atoms. The van der Waals surface area contributed by atoms with Gasteiger partial charge in [0.05, 0.1) is 17.6 Å². The summed E-state index contributed by atoms with van der Waals surface area (Å²) in [6.45, 7) is 4.56. The van der Waals surface area contributed by atoms with E-state index in [4.69, 9.17) is 5.41 Å². The summed E-state index contributed by atoms with van der Waals surface area (Å²) in [7, 11) is 0. The van der Waals surface area contributed by atoms with E-state index in [1.165, 1.54) is 51.6 Å². The number of nitrogens with zero attached hydrogens (tertiary/aromatic N) is 3. The number of benzene rings is 1. The molecule has 1 aliphatic heterocycles. The summed E-state index contributed by atoms with van der Waals surface area (Å²) in [6, 6.07) is 8.32. The Bertz CT molecular complexity index is 1010. The molecule has 5 heteroatoms. The third kappa shape index (κ3) is 3.40. The van der Waals surface area contributed by atoms with Crippen molar-refractivity contribution < 1.29 is 4.79 Å². The fourth-order valence-corrected chi connectivity index (χ4v) is 7.87. The van der Waals surface area contributed by atoms with Crippen molar-refractivity contribution in [2.24, 2.45) is 23.2 Å². The van der Waals surface area contributed by atoms with Gasteiger partial charge >= 0.3 is 0 Å². The Labute approximate surface area is 184 Å². The van der Waals surface area contributed by atoms with Gasteiger partial charge in [0, 0.05) is 18.5 Å². The minimum absolute atomic E-state index is 0.0921. The summed E-state index contributed by atoms with van der Waals surface area (Å²) in [5, 5.41) is 8.98. The zero-order chi connectivity index (χ0) is 21.0. The maximum atomic E-state index is 13.8. The van der Waals surface area contributed by atoms with Crippen LogP contribution in [-0.4, -0.2) is 39.5 Å². The van der Waals surface area contributed by atoms with E-state index in [-0.39, 0.29) is 5.41 Å². The summed E-state index contributed by atoms with van der Waals surface area (Å²) >= 11 is 0. The highest BCUT2D eigenvalue weighted by Crippen LogP contribution is 2.60. The molecule has 0 spiro atoms. The summed E-state index contributed by atoms with van der Waals surface area (Å²) in [5.74, 6) is 2.74. The van der Waals surface area contributed by atoms with Gasteiger partial charge in [-0.05, 0) is 94.3 Å². The molecule has 4 aliphatic carbocycles. The van der Waals surface area contributed by atoms with E-state index in [0.29, 0.717) is 17.9 Å². The van der Waals surface area contributed by atoms with Gasteiger partial charge in [-0.1, -0.05) is 18.6 Å². The quantitative estimate of drug-likeness (QED) is 0.762. The maximum absolute atomic E-state index is 13.8. The number of nitrogens with one attached hydrogen (secondary N) is 1. The van der Waals surface area contributed by atoms with Crippen LogP contribution in [-0.2, 0) is 17.9 Å². The van der Waals surface area contributed by atoms with Crippen LogP contribution in [0.3, 0.4) is 0 Å². The number of hydrogen-bond donors (Lipinski definition) is 1. The lowest BCUT2D eigenvalue weighted by Crippen LogP contribution is -2.51. The van der Waals surface area contributed by atoms with E-state index < -0.39 is 0 Å². The molecule has 0 radical (unpaired) electrons. The number of para-hydroxylation sites is 2. The Morgan fingerprint density at radius 3 is 2.06 bits per heavy atom. The molecule has 4 saturated carbocycles. The minimum Gasteiger partial charge on any atom is -0.309 e. The molecule has 1 aromatic carbocycles. The molecule has 166 valence electrons. The van der Waals surface area contributed by atoms with Crippen LogP contribution in [0.25, 0.3) is 11.0 Å². The molecule has 1 saturated heterocycles. The van der Waals surface area contributed by atoms with Gasteiger partial charge in [-0.15, -0.1) is 0 Å². The van der Waals surface area contributed by atoms with Crippen LogP contribution < -0.4 is 5.62 Å². The zero-order valence-corrected chi connectivity index (χ0v) is 18.7. The molecule has 2 aromatic rings. The number of ketones is 1. The van der Waals surface area contributed by atoms with Crippen molar-refractivity contribution in [2.45, 2.75) is 70.9 Å². The maximum Gasteiger partial charge on any atom is 0.203 e. The first kappa shape index (κ1) is 19.8. The summed E-state index contributed by atoms with van der Waals surface area (Å²) in [6.07, 6.45) is 11.3. The highest BCUT2D eigenvalue weighted by molar-refractivity contribution is 5.87. The standard InChI is InChI=1S/C26H36N4O/c27-25-29(11-10-28-8-4-1-5-9-28)22-6-2-3-7-23(22)30(25)18-24(31)26-15-19-12-20(16-26)14-21(13-19)17-26/h2-3,6-7,19-21,27H,1,4-5,8-18H2. The van der Waals surface area contributed by atoms with Crippen LogP contribution in [0, 0.1) is 28.6 Å². The van der Waals surface area contributed by atoms with E-state index in [0.717, 1.165) is 61.1 Å². The van der Waals surface area contributed by atoms with Crippen molar-refractivity contribution in [3.8, 4) is 0 Å². The van der Waals surface area contributed by atoms with Gasteiger partial charge in [-0.25, -0.2) is 0 Å². The van der Waals surface area contributed by atoms with Gasteiger partial charge < -0.3 is 14.0 Å². The first-order valence-corrected chi connectivity index (χ1v) is 12.6. The molecule has 4 bridgehead atoms. The first-order valence-electron chi connectivity index (χ1n) is 12.6. The number of imidazole rings is 1. The highest BCUT2D eigenvalue weighted by atomic mass is 16.1. The van der Waals surface area contributed by atoms with Crippen LogP contribution in [0.5, 0.6) is 0 Å². The van der Waals surface area contributed by atoms with Crippen LogP contribution in [0.1, 0.15) is 57.8 Å². The summed E-state index contributed by atoms with van der Waals surface area (Å²) in [5.41, 5.74) is 2.55. The molecular weight excluding hydrogens is 384 g/mol. The Hall–Kier alpha value is -1.88. The van der Waals surface area contributed by atoms with Gasteiger partial charge in [0.15, 0.2) is 5.78 Å². The molecule has 0 atom stereocenters. The predicted molar refractivity (Wildman–Crippen MR) is 122 cm³/mol. The molecule has 0 unspecified atom stereocenters. The lowest BCUT2D eigenvalue weighted by atomic mass is 9.48. The van der Waals surface area contributed by atoms with E-state index in [2.05, 4.69) is 27.7 Å². The fourth-order valence-electron chi connectivity index (χ4n) is 7.87. The molecule has 5 nitrogen and oxygen atoms in total. The van der Waals surface area contributed by atoms with Gasteiger partial charge in [0.2, 0.25) is 5.62 Å².